The van der Waals surface area contributed by atoms with Crippen molar-refractivity contribution in [3.63, 3.8) is 0 Å². The molecule has 0 amide bonds. The molecule has 0 radical (unpaired) electrons. The first-order valence-electron chi connectivity index (χ1n) is 9.34. The average Bonchev–Trinajstić information content (AvgIpc) is 3.25. The summed E-state index contributed by atoms with van der Waals surface area (Å²) >= 11 is 7.00. The van der Waals surface area contributed by atoms with Crippen molar-refractivity contribution in [1.82, 2.24) is 0 Å². The van der Waals surface area contributed by atoms with Gasteiger partial charge in [-0.25, -0.2) is 0 Å². The first kappa shape index (κ1) is 21.3. The lowest BCUT2D eigenvalue weighted by Gasteiger charge is -2.14. The maximum atomic E-state index is 9.71. The Morgan fingerprint density at radius 1 is 1.06 bits per heavy atom. The number of hydrogen-bond donors (Lipinski definition) is 0. The van der Waals surface area contributed by atoms with E-state index >= 15 is 0 Å². The minimum atomic E-state index is 0.191. The van der Waals surface area contributed by atoms with Crippen molar-refractivity contribution in [2.45, 2.75) is 6.61 Å². The Balaban J connectivity index is 1.60. The van der Waals surface area contributed by atoms with Gasteiger partial charge < -0.3 is 18.9 Å². The third kappa shape index (κ3) is 4.87. The molecule has 156 valence electrons. The third-order valence-electron chi connectivity index (χ3n) is 4.66. The number of benzene rings is 3. The predicted octanol–water partition coefficient (Wildman–Crippen LogP) is 6.59. The lowest BCUT2D eigenvalue weighted by Crippen LogP contribution is -1.99. The lowest BCUT2D eigenvalue weighted by atomic mass is 10.0. The molecular formula is C24H17Br2NO4. The van der Waals surface area contributed by atoms with Gasteiger partial charge in [-0.2, -0.15) is 5.26 Å². The Morgan fingerprint density at radius 3 is 2.58 bits per heavy atom. The molecule has 0 fully saturated rings. The number of nitrogens with zero attached hydrogens (tertiary/aromatic N) is 1. The molecule has 31 heavy (non-hydrogen) atoms. The van der Waals surface area contributed by atoms with Crippen molar-refractivity contribution < 1.29 is 18.9 Å². The largest absolute Gasteiger partial charge is 0.493 e. The van der Waals surface area contributed by atoms with Gasteiger partial charge in [-0.05, 0) is 81.2 Å². The van der Waals surface area contributed by atoms with E-state index in [4.69, 9.17) is 18.9 Å². The second-order valence-electron chi connectivity index (χ2n) is 6.69. The highest BCUT2D eigenvalue weighted by Crippen LogP contribution is 2.39. The van der Waals surface area contributed by atoms with Crippen molar-refractivity contribution in [3.05, 3.63) is 80.2 Å². The molecule has 0 aliphatic carbocycles. The zero-order valence-corrected chi connectivity index (χ0v) is 19.7. The molecule has 0 atom stereocenters. The summed E-state index contributed by atoms with van der Waals surface area (Å²) in [5.74, 6) is 2.48. The SMILES string of the molecule is COc1cc(/C=C(/C#N)c2ccc3c(c2)OCO3)cc(Br)c1OCc1ccc(Br)cc1. The topological polar surface area (TPSA) is 60.7 Å². The summed E-state index contributed by atoms with van der Waals surface area (Å²) in [5.41, 5.74) is 3.08. The Labute approximate surface area is 197 Å². The maximum Gasteiger partial charge on any atom is 0.231 e. The van der Waals surface area contributed by atoms with Gasteiger partial charge in [0.2, 0.25) is 6.79 Å². The van der Waals surface area contributed by atoms with Crippen LogP contribution in [-0.2, 0) is 6.61 Å². The van der Waals surface area contributed by atoms with Gasteiger partial charge >= 0.3 is 0 Å². The van der Waals surface area contributed by atoms with Crippen LogP contribution in [0.4, 0.5) is 0 Å². The smallest absolute Gasteiger partial charge is 0.231 e. The van der Waals surface area contributed by atoms with Gasteiger partial charge in [0.05, 0.1) is 23.2 Å². The highest BCUT2D eigenvalue weighted by atomic mass is 79.9. The summed E-state index contributed by atoms with van der Waals surface area (Å²) in [7, 11) is 1.59. The molecule has 0 N–H and O–H groups in total. The zero-order valence-electron chi connectivity index (χ0n) is 16.5. The number of allylic oxidation sites excluding steroid dienone is 1. The molecule has 1 aliphatic rings. The van der Waals surface area contributed by atoms with Crippen molar-refractivity contribution >= 4 is 43.5 Å². The summed E-state index contributed by atoms with van der Waals surface area (Å²) in [4.78, 5) is 0. The van der Waals surface area contributed by atoms with Crippen molar-refractivity contribution in [1.29, 1.82) is 5.26 Å². The number of hydrogen-bond acceptors (Lipinski definition) is 5. The third-order valence-corrected chi connectivity index (χ3v) is 5.78. The molecule has 3 aromatic carbocycles. The van der Waals surface area contributed by atoms with Gasteiger partial charge in [0, 0.05) is 4.47 Å². The van der Waals surface area contributed by atoms with E-state index in [0.717, 1.165) is 25.6 Å². The van der Waals surface area contributed by atoms with Gasteiger partial charge in [-0.15, -0.1) is 0 Å². The van der Waals surface area contributed by atoms with Crippen LogP contribution in [0.3, 0.4) is 0 Å². The molecule has 3 aromatic rings. The molecule has 0 bridgehead atoms. The van der Waals surface area contributed by atoms with Crippen LogP contribution in [-0.4, -0.2) is 13.9 Å². The van der Waals surface area contributed by atoms with Crippen molar-refractivity contribution in [3.8, 4) is 29.1 Å². The molecule has 1 heterocycles. The van der Waals surface area contributed by atoms with Gasteiger partial charge in [0.25, 0.3) is 0 Å². The standard InChI is InChI=1S/C24H17Br2NO4/c1-28-23-10-16(8-18(12-27)17-4-7-21-22(11-17)31-14-30-21)9-20(26)24(23)29-13-15-2-5-19(25)6-3-15/h2-11H,13-14H2,1H3/b18-8-. The molecule has 5 nitrogen and oxygen atoms in total. The summed E-state index contributed by atoms with van der Waals surface area (Å²) in [6, 6.07) is 19.4. The second kappa shape index (κ2) is 9.46. The molecule has 0 aromatic heterocycles. The van der Waals surface area contributed by atoms with Crippen LogP contribution in [0, 0.1) is 11.3 Å². The van der Waals surface area contributed by atoms with E-state index in [1.54, 1.807) is 25.3 Å². The average molecular weight is 543 g/mol. The molecule has 4 rings (SSSR count). The molecule has 0 spiro atoms. The van der Waals surface area contributed by atoms with Crippen LogP contribution < -0.4 is 18.9 Å². The Kier molecular flexibility index (Phi) is 6.50. The molecule has 7 heteroatoms. The molecular weight excluding hydrogens is 526 g/mol. The number of halogens is 2. The van der Waals surface area contributed by atoms with Crippen LogP contribution in [0.1, 0.15) is 16.7 Å². The quantitative estimate of drug-likeness (QED) is 0.259. The number of rotatable bonds is 6. The molecule has 0 saturated heterocycles. The minimum Gasteiger partial charge on any atom is -0.493 e. The number of methoxy groups -OCH3 is 1. The highest BCUT2D eigenvalue weighted by Gasteiger charge is 2.16. The summed E-state index contributed by atoms with van der Waals surface area (Å²) in [5, 5.41) is 9.71. The predicted molar refractivity (Wildman–Crippen MR) is 125 cm³/mol. The van der Waals surface area contributed by atoms with Crippen molar-refractivity contribution in [2.75, 3.05) is 13.9 Å². The molecule has 0 unspecified atom stereocenters. The monoisotopic (exact) mass is 541 g/mol. The fourth-order valence-electron chi connectivity index (χ4n) is 3.11. The number of nitriles is 1. The van der Waals surface area contributed by atoms with E-state index in [0.29, 0.717) is 35.2 Å². The minimum absolute atomic E-state index is 0.191. The summed E-state index contributed by atoms with van der Waals surface area (Å²) in [6.07, 6.45) is 1.79. The fourth-order valence-corrected chi connectivity index (χ4v) is 3.95. The van der Waals surface area contributed by atoms with Gasteiger partial charge in [-0.1, -0.05) is 28.1 Å². The lowest BCUT2D eigenvalue weighted by molar-refractivity contribution is 0.174. The van der Waals surface area contributed by atoms with Crippen LogP contribution >= 0.6 is 31.9 Å². The molecule has 1 aliphatic heterocycles. The van der Waals surface area contributed by atoms with Crippen LogP contribution in [0.5, 0.6) is 23.0 Å². The van der Waals surface area contributed by atoms with E-state index in [2.05, 4.69) is 37.9 Å². The Bertz CT molecular complexity index is 1180. The Morgan fingerprint density at radius 2 is 1.84 bits per heavy atom. The van der Waals surface area contributed by atoms with E-state index in [1.165, 1.54) is 0 Å². The zero-order chi connectivity index (χ0) is 21.8. The molecule has 0 saturated carbocycles. The number of fused-ring (bicyclic) bond motifs is 1. The Hall–Kier alpha value is -2.95. The van der Waals surface area contributed by atoms with Gasteiger partial charge in [0.1, 0.15) is 6.61 Å². The highest BCUT2D eigenvalue weighted by molar-refractivity contribution is 9.10. The van der Waals surface area contributed by atoms with E-state index in [-0.39, 0.29) is 6.79 Å². The van der Waals surface area contributed by atoms with Gasteiger partial charge in [-0.3, -0.25) is 0 Å². The van der Waals surface area contributed by atoms with Crippen molar-refractivity contribution in [2.24, 2.45) is 0 Å². The van der Waals surface area contributed by atoms with Crippen LogP contribution in [0.15, 0.2) is 63.5 Å². The van der Waals surface area contributed by atoms with E-state index in [1.807, 2.05) is 42.5 Å². The first-order chi connectivity index (χ1) is 15.1. The first-order valence-corrected chi connectivity index (χ1v) is 10.9. The van der Waals surface area contributed by atoms with E-state index < -0.39 is 0 Å². The van der Waals surface area contributed by atoms with E-state index in [9.17, 15) is 5.26 Å². The van der Waals surface area contributed by atoms with Crippen LogP contribution in [0.2, 0.25) is 0 Å². The summed E-state index contributed by atoms with van der Waals surface area (Å²) < 4.78 is 24.1. The fraction of sp³-hybridized carbons (Fsp3) is 0.125. The summed E-state index contributed by atoms with van der Waals surface area (Å²) in [6.45, 7) is 0.592. The second-order valence-corrected chi connectivity index (χ2v) is 8.46. The number of ether oxygens (including phenoxy) is 4. The van der Waals surface area contributed by atoms with Crippen LogP contribution in [0.25, 0.3) is 11.6 Å². The maximum absolute atomic E-state index is 9.71. The normalized spacial score (nSPS) is 12.4. The van der Waals surface area contributed by atoms with Gasteiger partial charge in [0.15, 0.2) is 23.0 Å².